The van der Waals surface area contributed by atoms with Crippen molar-refractivity contribution in [1.29, 1.82) is 0 Å². The first-order valence-corrected chi connectivity index (χ1v) is 5.40. The summed E-state index contributed by atoms with van der Waals surface area (Å²) in [5.74, 6) is 0. The van der Waals surface area contributed by atoms with Gasteiger partial charge in [-0.05, 0) is 24.3 Å². The average Bonchev–Trinajstić information content (AvgIpc) is 2.72. The van der Waals surface area contributed by atoms with Gasteiger partial charge < -0.3 is 0 Å². The number of rotatable bonds is 1. The van der Waals surface area contributed by atoms with Crippen LogP contribution in [0.5, 0.6) is 0 Å². The van der Waals surface area contributed by atoms with Crippen molar-refractivity contribution >= 4 is 17.2 Å². The van der Waals surface area contributed by atoms with Crippen LogP contribution in [0.25, 0.3) is 16.9 Å². The van der Waals surface area contributed by atoms with Crippen molar-refractivity contribution in [2.45, 2.75) is 0 Å². The van der Waals surface area contributed by atoms with Gasteiger partial charge in [0, 0.05) is 16.8 Å². The Hall–Kier alpha value is -1.80. The van der Waals surface area contributed by atoms with Crippen molar-refractivity contribution in [3.05, 3.63) is 59.9 Å². The van der Waals surface area contributed by atoms with Crippen LogP contribution in [0, 0.1) is 0 Å². The Balaban J connectivity index is 2.26. The highest BCUT2D eigenvalue weighted by atomic mass is 35.5. The first-order chi connectivity index (χ1) is 7.84. The van der Waals surface area contributed by atoms with Crippen molar-refractivity contribution in [1.82, 2.24) is 9.38 Å². The van der Waals surface area contributed by atoms with Crippen LogP contribution < -0.4 is 0 Å². The van der Waals surface area contributed by atoms with Crippen LogP contribution in [0.2, 0.25) is 5.02 Å². The molecule has 0 aliphatic carbocycles. The maximum absolute atomic E-state index is 5.98. The number of imidazole rings is 1. The van der Waals surface area contributed by atoms with E-state index in [0.29, 0.717) is 0 Å². The Kier molecular flexibility index (Phi) is 2.15. The van der Waals surface area contributed by atoms with Crippen LogP contribution in [0.3, 0.4) is 0 Å². The van der Waals surface area contributed by atoms with Crippen LogP contribution in [-0.2, 0) is 0 Å². The number of nitrogens with zero attached hydrogens (tertiary/aromatic N) is 2. The van der Waals surface area contributed by atoms with E-state index in [0.717, 1.165) is 21.9 Å². The van der Waals surface area contributed by atoms with Gasteiger partial charge in [0.1, 0.15) is 5.65 Å². The lowest BCUT2D eigenvalue weighted by Crippen LogP contribution is -1.86. The lowest BCUT2D eigenvalue weighted by atomic mass is 10.2. The summed E-state index contributed by atoms with van der Waals surface area (Å²) in [5.41, 5.74) is 3.07. The Morgan fingerprint density at radius 3 is 2.88 bits per heavy atom. The number of benzene rings is 1. The Labute approximate surface area is 98.1 Å². The number of hydrogen-bond donors (Lipinski definition) is 0. The number of hydrogen-bond acceptors (Lipinski definition) is 1. The fourth-order valence-electron chi connectivity index (χ4n) is 1.79. The lowest BCUT2D eigenvalue weighted by molar-refractivity contribution is 1.19. The van der Waals surface area contributed by atoms with Gasteiger partial charge in [-0.3, -0.25) is 4.40 Å². The summed E-state index contributed by atoms with van der Waals surface area (Å²) in [6, 6.07) is 13.7. The van der Waals surface area contributed by atoms with E-state index in [1.54, 1.807) is 0 Å². The molecule has 0 N–H and O–H groups in total. The molecule has 3 aromatic rings. The highest BCUT2D eigenvalue weighted by Crippen LogP contribution is 2.23. The molecular weight excluding hydrogens is 220 g/mol. The molecule has 0 atom stereocenters. The highest BCUT2D eigenvalue weighted by molar-refractivity contribution is 6.30. The summed E-state index contributed by atoms with van der Waals surface area (Å²) >= 11 is 5.98. The topological polar surface area (TPSA) is 17.3 Å². The first kappa shape index (κ1) is 9.43. The quantitative estimate of drug-likeness (QED) is 0.621. The lowest BCUT2D eigenvalue weighted by Gasteiger charge is -2.01. The zero-order valence-electron chi connectivity index (χ0n) is 8.47. The predicted octanol–water partition coefficient (Wildman–Crippen LogP) is 3.65. The maximum Gasteiger partial charge on any atom is 0.137 e. The third-order valence-electron chi connectivity index (χ3n) is 2.54. The molecule has 1 aromatic carbocycles. The normalized spacial score (nSPS) is 10.8. The van der Waals surface area contributed by atoms with Crippen molar-refractivity contribution in [2.75, 3.05) is 0 Å². The molecule has 3 rings (SSSR count). The Morgan fingerprint density at radius 1 is 1.06 bits per heavy atom. The predicted molar refractivity (Wildman–Crippen MR) is 65.6 cm³/mol. The van der Waals surface area contributed by atoms with Gasteiger partial charge in [-0.2, -0.15) is 0 Å². The summed E-state index contributed by atoms with van der Waals surface area (Å²) in [7, 11) is 0. The molecule has 2 heterocycles. The van der Waals surface area contributed by atoms with E-state index >= 15 is 0 Å². The van der Waals surface area contributed by atoms with Gasteiger partial charge in [0.25, 0.3) is 0 Å². The molecule has 0 unspecified atom stereocenters. The molecule has 16 heavy (non-hydrogen) atoms. The first-order valence-electron chi connectivity index (χ1n) is 5.02. The molecular formula is C13H9ClN2. The van der Waals surface area contributed by atoms with Gasteiger partial charge in [-0.1, -0.05) is 29.8 Å². The fraction of sp³-hybridized carbons (Fsp3) is 0. The minimum absolute atomic E-state index is 0.739. The van der Waals surface area contributed by atoms with Crippen molar-refractivity contribution in [3.8, 4) is 11.3 Å². The van der Waals surface area contributed by atoms with E-state index < -0.39 is 0 Å². The largest absolute Gasteiger partial charge is 0.300 e. The summed E-state index contributed by atoms with van der Waals surface area (Å²) in [5, 5.41) is 0.739. The molecule has 3 heteroatoms. The van der Waals surface area contributed by atoms with Crippen molar-refractivity contribution in [2.24, 2.45) is 0 Å². The van der Waals surface area contributed by atoms with Crippen LogP contribution in [0.4, 0.5) is 0 Å². The van der Waals surface area contributed by atoms with Gasteiger partial charge in [-0.25, -0.2) is 4.98 Å². The van der Waals surface area contributed by atoms with Crippen LogP contribution in [-0.4, -0.2) is 9.38 Å². The molecule has 78 valence electrons. The average molecular weight is 229 g/mol. The number of aromatic nitrogens is 2. The Bertz CT molecular complexity index is 643. The molecule has 0 saturated carbocycles. The van der Waals surface area contributed by atoms with Gasteiger partial charge in [-0.15, -0.1) is 0 Å². The smallest absolute Gasteiger partial charge is 0.137 e. The number of pyridine rings is 1. The van der Waals surface area contributed by atoms with E-state index in [2.05, 4.69) is 4.98 Å². The van der Waals surface area contributed by atoms with Crippen LogP contribution in [0.1, 0.15) is 0 Å². The van der Waals surface area contributed by atoms with Crippen molar-refractivity contribution < 1.29 is 0 Å². The molecule has 0 aliphatic rings. The molecule has 0 aliphatic heterocycles. The monoisotopic (exact) mass is 228 g/mol. The highest BCUT2D eigenvalue weighted by Gasteiger charge is 2.04. The zero-order valence-corrected chi connectivity index (χ0v) is 9.22. The van der Waals surface area contributed by atoms with E-state index in [1.165, 1.54) is 0 Å². The second-order valence-corrected chi connectivity index (χ2v) is 4.02. The molecule has 0 saturated heterocycles. The number of halogens is 1. The van der Waals surface area contributed by atoms with Crippen molar-refractivity contribution in [3.63, 3.8) is 0 Å². The van der Waals surface area contributed by atoms with Gasteiger partial charge in [0.05, 0.1) is 11.9 Å². The minimum Gasteiger partial charge on any atom is -0.300 e. The molecule has 0 bridgehead atoms. The SMILES string of the molecule is Clc1cccc(-c2cnc3ccccn23)c1. The van der Waals surface area contributed by atoms with Gasteiger partial charge in [0.2, 0.25) is 0 Å². The third-order valence-corrected chi connectivity index (χ3v) is 2.77. The zero-order chi connectivity index (χ0) is 11.0. The summed E-state index contributed by atoms with van der Waals surface area (Å²) < 4.78 is 2.05. The molecule has 0 amide bonds. The second kappa shape index (κ2) is 3.65. The van der Waals surface area contributed by atoms with E-state index in [1.807, 2.05) is 59.3 Å². The maximum atomic E-state index is 5.98. The number of fused-ring (bicyclic) bond motifs is 1. The molecule has 0 fully saturated rings. The van der Waals surface area contributed by atoms with Gasteiger partial charge in [0.15, 0.2) is 0 Å². The third kappa shape index (κ3) is 1.48. The van der Waals surface area contributed by atoms with Gasteiger partial charge >= 0.3 is 0 Å². The van der Waals surface area contributed by atoms with Crippen LogP contribution in [0.15, 0.2) is 54.9 Å². The summed E-state index contributed by atoms with van der Waals surface area (Å²) in [4.78, 5) is 4.34. The molecule has 2 aromatic heterocycles. The van der Waals surface area contributed by atoms with E-state index in [4.69, 9.17) is 11.6 Å². The van der Waals surface area contributed by atoms with Crippen LogP contribution >= 0.6 is 11.6 Å². The second-order valence-electron chi connectivity index (χ2n) is 3.58. The molecule has 2 nitrogen and oxygen atoms in total. The van der Waals surface area contributed by atoms with E-state index in [-0.39, 0.29) is 0 Å². The summed E-state index contributed by atoms with van der Waals surface area (Å²) in [6.45, 7) is 0. The summed E-state index contributed by atoms with van der Waals surface area (Å²) in [6.07, 6.45) is 3.86. The Morgan fingerprint density at radius 2 is 2.00 bits per heavy atom. The molecule has 0 spiro atoms. The molecule has 0 radical (unpaired) electrons. The standard InChI is InChI=1S/C13H9ClN2/c14-11-5-3-4-10(8-11)12-9-15-13-6-1-2-7-16(12)13/h1-9H. The minimum atomic E-state index is 0.739. The fourth-order valence-corrected chi connectivity index (χ4v) is 1.98. The van der Waals surface area contributed by atoms with E-state index in [9.17, 15) is 0 Å².